The minimum absolute atomic E-state index is 0.115. The van der Waals surface area contributed by atoms with Crippen molar-refractivity contribution in [2.24, 2.45) is 0 Å². The molecule has 1 atom stereocenters. The molecule has 1 aliphatic heterocycles. The lowest BCUT2D eigenvalue weighted by molar-refractivity contribution is -0.0484. The van der Waals surface area contributed by atoms with E-state index >= 15 is 0 Å². The average Bonchev–Trinajstić information content (AvgIpc) is 2.28. The first kappa shape index (κ1) is 11.3. The van der Waals surface area contributed by atoms with Gasteiger partial charge in [-0.05, 0) is 6.07 Å². The molecular weight excluding hydrogens is 212 g/mol. The molecule has 0 saturated carbocycles. The summed E-state index contributed by atoms with van der Waals surface area (Å²) >= 11 is 0. The normalized spacial score (nSPS) is 24.1. The van der Waals surface area contributed by atoms with E-state index in [1.165, 1.54) is 7.11 Å². The maximum absolute atomic E-state index is 13.8. The molecule has 1 fully saturated rings. The van der Waals surface area contributed by atoms with Gasteiger partial charge in [0.25, 0.3) is 5.92 Å². The Labute approximate surface area is 93.6 Å². The SMILES string of the molecule is COc1ccccc1C1CNCCC1(F)F. The zero-order valence-corrected chi connectivity index (χ0v) is 9.17. The number of benzene rings is 1. The first-order chi connectivity index (χ1) is 7.65. The number of alkyl halides is 2. The maximum Gasteiger partial charge on any atom is 0.257 e. The zero-order valence-electron chi connectivity index (χ0n) is 9.17. The van der Waals surface area contributed by atoms with E-state index in [0.717, 1.165) is 0 Å². The van der Waals surface area contributed by atoms with Gasteiger partial charge < -0.3 is 10.1 Å². The van der Waals surface area contributed by atoms with Crippen molar-refractivity contribution < 1.29 is 13.5 Å². The molecule has 4 heteroatoms. The molecule has 2 nitrogen and oxygen atoms in total. The standard InChI is InChI=1S/C12H15F2NO/c1-16-11-5-3-2-4-9(11)10-8-15-7-6-12(10,13)14/h2-5,10,15H,6-8H2,1H3. The lowest BCUT2D eigenvalue weighted by Gasteiger charge is -2.32. The fourth-order valence-corrected chi connectivity index (χ4v) is 2.12. The number of hydrogen-bond donors (Lipinski definition) is 1. The highest BCUT2D eigenvalue weighted by Gasteiger charge is 2.43. The van der Waals surface area contributed by atoms with Crippen molar-refractivity contribution >= 4 is 0 Å². The Morgan fingerprint density at radius 1 is 1.38 bits per heavy atom. The van der Waals surface area contributed by atoms with Crippen LogP contribution in [0.3, 0.4) is 0 Å². The summed E-state index contributed by atoms with van der Waals surface area (Å²) in [4.78, 5) is 0. The van der Waals surface area contributed by atoms with Gasteiger partial charge in [0.2, 0.25) is 0 Å². The smallest absolute Gasteiger partial charge is 0.257 e. The van der Waals surface area contributed by atoms with E-state index in [1.807, 2.05) is 0 Å². The molecule has 2 rings (SSSR count). The molecule has 0 aromatic heterocycles. The highest BCUT2D eigenvalue weighted by molar-refractivity contribution is 5.38. The van der Waals surface area contributed by atoms with Crippen LogP contribution < -0.4 is 10.1 Å². The van der Waals surface area contributed by atoms with Crippen molar-refractivity contribution in [3.63, 3.8) is 0 Å². The molecule has 88 valence electrons. The van der Waals surface area contributed by atoms with Crippen molar-refractivity contribution in [2.45, 2.75) is 18.3 Å². The third kappa shape index (κ3) is 2.02. The Hall–Kier alpha value is -1.16. The molecule has 0 bridgehead atoms. The van der Waals surface area contributed by atoms with Crippen LogP contribution in [0.1, 0.15) is 17.9 Å². The highest BCUT2D eigenvalue weighted by Crippen LogP contribution is 2.41. The summed E-state index contributed by atoms with van der Waals surface area (Å²) < 4.78 is 32.7. The topological polar surface area (TPSA) is 21.3 Å². The van der Waals surface area contributed by atoms with Crippen LogP contribution in [0.2, 0.25) is 0 Å². The Morgan fingerprint density at radius 3 is 2.81 bits per heavy atom. The number of rotatable bonds is 2. The van der Waals surface area contributed by atoms with Gasteiger partial charge in [-0.15, -0.1) is 0 Å². The van der Waals surface area contributed by atoms with Crippen molar-refractivity contribution in [1.29, 1.82) is 0 Å². The molecule has 0 spiro atoms. The summed E-state index contributed by atoms with van der Waals surface area (Å²) in [7, 11) is 1.51. The first-order valence-corrected chi connectivity index (χ1v) is 5.36. The molecule has 1 aromatic rings. The summed E-state index contributed by atoms with van der Waals surface area (Å²) in [6.07, 6.45) is -0.115. The molecule has 1 unspecified atom stereocenters. The van der Waals surface area contributed by atoms with E-state index in [0.29, 0.717) is 24.4 Å². The molecule has 0 aliphatic carbocycles. The Kier molecular flexibility index (Phi) is 3.10. The molecule has 1 heterocycles. The Bertz CT molecular complexity index is 368. The molecule has 0 radical (unpaired) electrons. The highest BCUT2D eigenvalue weighted by atomic mass is 19.3. The van der Waals surface area contributed by atoms with Gasteiger partial charge in [0, 0.05) is 25.1 Å². The fourth-order valence-electron chi connectivity index (χ4n) is 2.12. The molecule has 0 amide bonds. The quantitative estimate of drug-likeness (QED) is 0.837. The number of methoxy groups -OCH3 is 1. The van der Waals surface area contributed by atoms with Gasteiger partial charge in [0.15, 0.2) is 0 Å². The largest absolute Gasteiger partial charge is 0.496 e. The van der Waals surface area contributed by atoms with Gasteiger partial charge in [-0.3, -0.25) is 0 Å². The van der Waals surface area contributed by atoms with Crippen molar-refractivity contribution in [3.05, 3.63) is 29.8 Å². The second kappa shape index (κ2) is 4.37. The van der Waals surface area contributed by atoms with Gasteiger partial charge in [-0.25, -0.2) is 8.78 Å². The zero-order chi connectivity index (χ0) is 11.6. The van der Waals surface area contributed by atoms with Crippen molar-refractivity contribution in [1.82, 2.24) is 5.32 Å². The lowest BCUT2D eigenvalue weighted by atomic mass is 9.87. The Balaban J connectivity index is 2.34. The molecule has 16 heavy (non-hydrogen) atoms. The van der Waals surface area contributed by atoms with Crippen LogP contribution in [0, 0.1) is 0 Å². The van der Waals surface area contributed by atoms with Crippen LogP contribution in [0.25, 0.3) is 0 Å². The van der Waals surface area contributed by atoms with E-state index in [2.05, 4.69) is 5.32 Å². The van der Waals surface area contributed by atoms with Crippen LogP contribution in [0.15, 0.2) is 24.3 Å². The summed E-state index contributed by atoms with van der Waals surface area (Å²) in [5.74, 6) is -2.91. The van der Waals surface area contributed by atoms with E-state index in [1.54, 1.807) is 24.3 Å². The first-order valence-electron chi connectivity index (χ1n) is 5.36. The monoisotopic (exact) mass is 227 g/mol. The van der Waals surface area contributed by atoms with E-state index in [4.69, 9.17) is 4.74 Å². The molecule has 1 N–H and O–H groups in total. The summed E-state index contributed by atoms with van der Waals surface area (Å²) in [5.41, 5.74) is 0.585. The number of halogens is 2. The van der Waals surface area contributed by atoms with Gasteiger partial charge in [-0.1, -0.05) is 18.2 Å². The van der Waals surface area contributed by atoms with Crippen LogP contribution in [-0.4, -0.2) is 26.1 Å². The van der Waals surface area contributed by atoms with Gasteiger partial charge in [0.05, 0.1) is 13.0 Å². The fraction of sp³-hybridized carbons (Fsp3) is 0.500. The summed E-state index contributed by atoms with van der Waals surface area (Å²) in [6, 6.07) is 6.99. The third-order valence-electron chi connectivity index (χ3n) is 3.01. The number of nitrogens with one attached hydrogen (secondary N) is 1. The predicted octanol–water partition coefficient (Wildman–Crippen LogP) is 2.41. The lowest BCUT2D eigenvalue weighted by Crippen LogP contribution is -2.43. The molecule has 1 aliphatic rings. The maximum atomic E-state index is 13.8. The van der Waals surface area contributed by atoms with Crippen molar-refractivity contribution in [2.75, 3.05) is 20.2 Å². The van der Waals surface area contributed by atoms with Crippen LogP contribution in [0.4, 0.5) is 8.78 Å². The van der Waals surface area contributed by atoms with Crippen LogP contribution in [0.5, 0.6) is 5.75 Å². The van der Waals surface area contributed by atoms with E-state index in [-0.39, 0.29) is 6.42 Å². The summed E-state index contributed by atoms with van der Waals surface area (Å²) in [5, 5.41) is 3.00. The van der Waals surface area contributed by atoms with Gasteiger partial charge in [-0.2, -0.15) is 0 Å². The number of ether oxygens (including phenoxy) is 1. The number of hydrogen-bond acceptors (Lipinski definition) is 2. The van der Waals surface area contributed by atoms with Gasteiger partial charge in [0.1, 0.15) is 5.75 Å². The predicted molar refractivity (Wildman–Crippen MR) is 58.2 cm³/mol. The third-order valence-corrected chi connectivity index (χ3v) is 3.01. The van der Waals surface area contributed by atoms with Crippen LogP contribution >= 0.6 is 0 Å². The molecular formula is C12H15F2NO. The molecule has 1 saturated heterocycles. The second-order valence-corrected chi connectivity index (χ2v) is 4.01. The average molecular weight is 227 g/mol. The number of para-hydroxylation sites is 1. The second-order valence-electron chi connectivity index (χ2n) is 4.01. The van der Waals surface area contributed by atoms with Gasteiger partial charge >= 0.3 is 0 Å². The van der Waals surface area contributed by atoms with Crippen LogP contribution in [-0.2, 0) is 0 Å². The van der Waals surface area contributed by atoms with Crippen molar-refractivity contribution in [3.8, 4) is 5.75 Å². The van der Waals surface area contributed by atoms with E-state index in [9.17, 15) is 8.78 Å². The minimum Gasteiger partial charge on any atom is -0.496 e. The number of piperidine rings is 1. The summed E-state index contributed by atoms with van der Waals surface area (Å²) in [6.45, 7) is 0.673. The Morgan fingerprint density at radius 2 is 2.12 bits per heavy atom. The van der Waals surface area contributed by atoms with E-state index < -0.39 is 11.8 Å². The molecule has 1 aromatic carbocycles. The minimum atomic E-state index is -2.65.